The largest absolute Gasteiger partial charge is 0.484 e. The van der Waals surface area contributed by atoms with Crippen LogP contribution in [0.25, 0.3) is 0 Å². The fourth-order valence-electron chi connectivity index (χ4n) is 2.84. The number of rotatable bonds is 11. The van der Waals surface area contributed by atoms with Crippen LogP contribution in [0.15, 0.2) is 57.9 Å². The van der Waals surface area contributed by atoms with Crippen molar-refractivity contribution < 1.29 is 22.5 Å². The average Bonchev–Trinajstić information content (AvgIpc) is 3.27. The molecule has 0 aliphatic heterocycles. The number of aromatic nitrogens is 2. The fourth-order valence-corrected chi connectivity index (χ4v) is 3.98. The van der Waals surface area contributed by atoms with Gasteiger partial charge in [-0.15, -0.1) is 0 Å². The highest BCUT2D eigenvalue weighted by Gasteiger charge is 2.13. The average molecular weight is 473 g/mol. The SMILES string of the molecule is CCCNS(=O)(=O)c1ccc(OCC(=O)Nc2ccc(Cc3noc(C(C)C)n3)cc2)cc1. The van der Waals surface area contributed by atoms with Crippen LogP contribution in [0.1, 0.15) is 50.4 Å². The number of carbonyl (C=O) groups excluding carboxylic acids is 1. The first-order valence-corrected chi connectivity index (χ1v) is 12.2. The number of carbonyl (C=O) groups is 1. The maximum absolute atomic E-state index is 12.2. The van der Waals surface area contributed by atoms with Crippen LogP contribution in [-0.2, 0) is 21.2 Å². The Morgan fingerprint density at radius 2 is 1.79 bits per heavy atom. The van der Waals surface area contributed by atoms with Gasteiger partial charge in [-0.1, -0.05) is 38.1 Å². The second-order valence-electron chi connectivity index (χ2n) is 7.78. The Labute approximate surface area is 193 Å². The lowest BCUT2D eigenvalue weighted by molar-refractivity contribution is -0.118. The van der Waals surface area contributed by atoms with E-state index < -0.39 is 10.0 Å². The summed E-state index contributed by atoms with van der Waals surface area (Å²) < 4.78 is 37.4. The normalized spacial score (nSPS) is 11.5. The van der Waals surface area contributed by atoms with Crippen molar-refractivity contribution in [2.45, 2.75) is 44.4 Å². The van der Waals surface area contributed by atoms with E-state index in [0.29, 0.717) is 42.5 Å². The summed E-state index contributed by atoms with van der Waals surface area (Å²) in [7, 11) is -3.54. The van der Waals surface area contributed by atoms with Crippen LogP contribution in [-0.4, -0.2) is 37.6 Å². The summed E-state index contributed by atoms with van der Waals surface area (Å²) in [4.78, 5) is 16.7. The summed E-state index contributed by atoms with van der Waals surface area (Å²) in [5.74, 6) is 1.47. The van der Waals surface area contributed by atoms with Crippen molar-refractivity contribution in [2.75, 3.05) is 18.5 Å². The number of anilines is 1. The molecule has 3 rings (SSSR count). The third kappa shape index (κ3) is 7.13. The van der Waals surface area contributed by atoms with Gasteiger partial charge in [0.15, 0.2) is 12.4 Å². The van der Waals surface area contributed by atoms with Crippen LogP contribution in [0.5, 0.6) is 5.75 Å². The van der Waals surface area contributed by atoms with E-state index in [-0.39, 0.29) is 23.3 Å². The van der Waals surface area contributed by atoms with Crippen LogP contribution in [0, 0.1) is 0 Å². The second-order valence-corrected chi connectivity index (χ2v) is 9.55. The number of nitrogens with zero attached hydrogens (tertiary/aromatic N) is 2. The van der Waals surface area contributed by atoms with Crippen molar-refractivity contribution in [1.29, 1.82) is 0 Å². The molecule has 0 saturated heterocycles. The van der Waals surface area contributed by atoms with E-state index in [9.17, 15) is 13.2 Å². The molecule has 2 N–H and O–H groups in total. The Balaban J connectivity index is 1.48. The van der Waals surface area contributed by atoms with Crippen molar-refractivity contribution >= 4 is 21.6 Å². The molecule has 0 spiro atoms. The lowest BCUT2D eigenvalue weighted by atomic mass is 10.1. The zero-order valence-electron chi connectivity index (χ0n) is 18.9. The first kappa shape index (κ1) is 24.4. The Morgan fingerprint density at radius 3 is 2.39 bits per heavy atom. The molecule has 0 unspecified atom stereocenters. The smallest absolute Gasteiger partial charge is 0.262 e. The van der Waals surface area contributed by atoms with Gasteiger partial charge in [0, 0.05) is 24.6 Å². The van der Waals surface area contributed by atoms with Crippen LogP contribution < -0.4 is 14.8 Å². The summed E-state index contributed by atoms with van der Waals surface area (Å²) in [6.07, 6.45) is 1.24. The van der Waals surface area contributed by atoms with Crippen molar-refractivity contribution in [3.63, 3.8) is 0 Å². The van der Waals surface area contributed by atoms with Crippen LogP contribution in [0.3, 0.4) is 0 Å². The van der Waals surface area contributed by atoms with E-state index in [1.165, 1.54) is 24.3 Å². The lowest BCUT2D eigenvalue weighted by Gasteiger charge is -2.09. The Bertz CT molecular complexity index is 1160. The molecule has 1 amide bonds. The van der Waals surface area contributed by atoms with E-state index in [4.69, 9.17) is 9.26 Å². The number of benzene rings is 2. The first-order valence-electron chi connectivity index (χ1n) is 10.7. The Kier molecular flexibility index (Phi) is 8.18. The number of amides is 1. The highest BCUT2D eigenvalue weighted by Crippen LogP contribution is 2.17. The third-order valence-electron chi connectivity index (χ3n) is 4.62. The Morgan fingerprint density at radius 1 is 1.09 bits per heavy atom. The van der Waals surface area contributed by atoms with Crippen LogP contribution in [0.4, 0.5) is 5.69 Å². The molecule has 0 aliphatic rings. The minimum absolute atomic E-state index is 0.147. The topological polar surface area (TPSA) is 123 Å². The molecule has 10 heteroatoms. The van der Waals surface area contributed by atoms with Gasteiger partial charge in [-0.3, -0.25) is 4.79 Å². The summed E-state index contributed by atoms with van der Waals surface area (Å²) in [6, 6.07) is 13.3. The van der Waals surface area contributed by atoms with Gasteiger partial charge >= 0.3 is 0 Å². The molecule has 1 heterocycles. The minimum Gasteiger partial charge on any atom is -0.484 e. The lowest BCUT2D eigenvalue weighted by Crippen LogP contribution is -2.24. The number of ether oxygens (including phenoxy) is 1. The standard InChI is InChI=1S/C23H28N4O5S/c1-4-13-24-33(29,30)20-11-9-19(10-12-20)31-15-22(28)25-18-7-5-17(6-8-18)14-21-26-23(16(2)3)32-27-21/h5-12,16,24H,4,13-15H2,1-3H3,(H,25,28). The van der Waals surface area contributed by atoms with Crippen molar-refractivity contribution in [3.8, 4) is 5.75 Å². The van der Waals surface area contributed by atoms with Crippen LogP contribution in [0.2, 0.25) is 0 Å². The van der Waals surface area contributed by atoms with Gasteiger partial charge in [-0.05, 0) is 48.4 Å². The van der Waals surface area contributed by atoms with Gasteiger partial charge in [0.1, 0.15) is 5.75 Å². The number of hydrogen-bond donors (Lipinski definition) is 2. The van der Waals surface area contributed by atoms with E-state index in [1.54, 1.807) is 12.1 Å². The highest BCUT2D eigenvalue weighted by atomic mass is 32.2. The molecule has 33 heavy (non-hydrogen) atoms. The predicted octanol–water partition coefficient (Wildman–Crippen LogP) is 3.49. The van der Waals surface area contributed by atoms with E-state index in [2.05, 4.69) is 20.2 Å². The van der Waals surface area contributed by atoms with Gasteiger partial charge in [0.25, 0.3) is 5.91 Å². The number of sulfonamides is 1. The summed E-state index contributed by atoms with van der Waals surface area (Å²) in [6.45, 7) is 6.03. The molecule has 1 aromatic heterocycles. The van der Waals surface area contributed by atoms with Crippen molar-refractivity contribution in [2.24, 2.45) is 0 Å². The zero-order chi connectivity index (χ0) is 23.8. The molecule has 176 valence electrons. The van der Waals surface area contributed by atoms with E-state index in [0.717, 1.165) is 5.56 Å². The van der Waals surface area contributed by atoms with Gasteiger partial charge < -0.3 is 14.6 Å². The van der Waals surface area contributed by atoms with Crippen molar-refractivity contribution in [1.82, 2.24) is 14.9 Å². The van der Waals surface area contributed by atoms with Gasteiger partial charge in [-0.2, -0.15) is 4.98 Å². The Hall–Kier alpha value is -3.24. The molecule has 0 atom stereocenters. The molecule has 0 aliphatic carbocycles. The first-order chi connectivity index (χ1) is 15.8. The molecule has 3 aromatic rings. The van der Waals surface area contributed by atoms with Gasteiger partial charge in [0.2, 0.25) is 15.9 Å². The molecule has 0 fully saturated rings. The highest BCUT2D eigenvalue weighted by molar-refractivity contribution is 7.89. The molecular weight excluding hydrogens is 444 g/mol. The monoisotopic (exact) mass is 472 g/mol. The van der Waals surface area contributed by atoms with Crippen LogP contribution >= 0.6 is 0 Å². The van der Waals surface area contributed by atoms with E-state index >= 15 is 0 Å². The number of nitrogens with one attached hydrogen (secondary N) is 2. The quantitative estimate of drug-likeness (QED) is 0.438. The summed E-state index contributed by atoms with van der Waals surface area (Å²) in [5, 5.41) is 6.74. The van der Waals surface area contributed by atoms with E-state index in [1.807, 2.05) is 32.9 Å². The molecule has 0 bridgehead atoms. The van der Waals surface area contributed by atoms with Gasteiger partial charge in [-0.25, -0.2) is 13.1 Å². The van der Waals surface area contributed by atoms with Gasteiger partial charge in [0.05, 0.1) is 4.90 Å². The second kappa shape index (κ2) is 11.1. The minimum atomic E-state index is -3.54. The predicted molar refractivity (Wildman–Crippen MR) is 124 cm³/mol. The fraction of sp³-hybridized carbons (Fsp3) is 0.348. The molecule has 0 radical (unpaired) electrons. The molecular formula is C23H28N4O5S. The summed E-state index contributed by atoms with van der Waals surface area (Å²) >= 11 is 0. The number of hydrogen-bond acceptors (Lipinski definition) is 7. The maximum atomic E-state index is 12.2. The maximum Gasteiger partial charge on any atom is 0.262 e. The molecule has 9 nitrogen and oxygen atoms in total. The molecule has 2 aromatic carbocycles. The third-order valence-corrected chi connectivity index (χ3v) is 6.10. The summed E-state index contributed by atoms with van der Waals surface area (Å²) in [5.41, 5.74) is 1.62. The van der Waals surface area contributed by atoms with Crippen molar-refractivity contribution in [3.05, 3.63) is 65.8 Å². The molecule has 0 saturated carbocycles. The zero-order valence-corrected chi connectivity index (χ0v) is 19.7.